The second-order valence-electron chi connectivity index (χ2n) is 2.61. The molecule has 0 fully saturated rings. The number of hydrogen-bond donors (Lipinski definition) is 1. The Bertz CT molecular complexity index is 572. The first-order valence-electron chi connectivity index (χ1n) is 3.61. The van der Waals surface area contributed by atoms with Crippen LogP contribution in [0.4, 0.5) is 18.3 Å². The van der Waals surface area contributed by atoms with Crippen LogP contribution < -0.4 is 11.3 Å². The van der Waals surface area contributed by atoms with Gasteiger partial charge in [-0.25, -0.2) is 4.98 Å². The van der Waals surface area contributed by atoms with E-state index in [2.05, 4.69) is 10.1 Å². The summed E-state index contributed by atoms with van der Waals surface area (Å²) in [6.07, 6.45) is -4.65. The molecule has 80 valence electrons. The molecule has 0 aliphatic carbocycles. The SMILES string of the molecule is Nc1nn2c(=O)cc(C(F)(F)F)nc2s1. The van der Waals surface area contributed by atoms with Gasteiger partial charge in [0.25, 0.3) is 5.56 Å². The lowest BCUT2D eigenvalue weighted by atomic mass is 10.4. The van der Waals surface area contributed by atoms with Crippen LogP contribution in [0, 0.1) is 0 Å². The van der Waals surface area contributed by atoms with Crippen molar-refractivity contribution in [1.82, 2.24) is 14.6 Å². The van der Waals surface area contributed by atoms with Gasteiger partial charge in [-0.05, 0) is 0 Å². The zero-order valence-electron chi connectivity index (χ0n) is 6.95. The first-order chi connectivity index (χ1) is 6.88. The molecule has 0 aliphatic rings. The first-order valence-corrected chi connectivity index (χ1v) is 4.43. The van der Waals surface area contributed by atoms with Crippen LogP contribution in [0.25, 0.3) is 4.96 Å². The lowest BCUT2D eigenvalue weighted by Gasteiger charge is -2.03. The Morgan fingerprint density at radius 3 is 2.73 bits per heavy atom. The topological polar surface area (TPSA) is 73.3 Å². The van der Waals surface area contributed by atoms with Crippen LogP contribution in [0.2, 0.25) is 0 Å². The molecule has 0 saturated carbocycles. The largest absolute Gasteiger partial charge is 0.433 e. The Labute approximate surface area is 84.0 Å². The zero-order chi connectivity index (χ0) is 11.2. The van der Waals surface area contributed by atoms with Crippen molar-refractivity contribution in [3.63, 3.8) is 0 Å². The average Bonchev–Trinajstić information content (AvgIpc) is 2.44. The van der Waals surface area contributed by atoms with E-state index in [1.807, 2.05) is 0 Å². The molecular formula is C6H3F3N4OS. The summed E-state index contributed by atoms with van der Waals surface area (Å²) < 4.78 is 37.5. The van der Waals surface area contributed by atoms with Crippen molar-refractivity contribution in [2.75, 3.05) is 5.73 Å². The molecule has 0 aliphatic heterocycles. The molecule has 0 saturated heterocycles. The van der Waals surface area contributed by atoms with E-state index in [0.717, 1.165) is 4.52 Å². The van der Waals surface area contributed by atoms with Gasteiger partial charge in [0, 0.05) is 6.07 Å². The summed E-state index contributed by atoms with van der Waals surface area (Å²) in [6.45, 7) is 0. The summed E-state index contributed by atoms with van der Waals surface area (Å²) in [5, 5.41) is 3.49. The van der Waals surface area contributed by atoms with Crippen molar-refractivity contribution < 1.29 is 13.2 Å². The van der Waals surface area contributed by atoms with E-state index in [1.54, 1.807) is 0 Å². The number of aromatic nitrogens is 3. The Balaban J connectivity index is 2.78. The van der Waals surface area contributed by atoms with E-state index in [0.29, 0.717) is 17.4 Å². The van der Waals surface area contributed by atoms with Crippen molar-refractivity contribution in [2.24, 2.45) is 0 Å². The van der Waals surface area contributed by atoms with Gasteiger partial charge in [0.15, 0.2) is 5.69 Å². The number of hydrogen-bond acceptors (Lipinski definition) is 5. The number of rotatable bonds is 0. The Hall–Kier alpha value is -1.64. The Kier molecular flexibility index (Phi) is 1.93. The van der Waals surface area contributed by atoms with Crippen LogP contribution in [0.3, 0.4) is 0 Å². The molecule has 2 aromatic rings. The number of alkyl halides is 3. The summed E-state index contributed by atoms with van der Waals surface area (Å²) in [5.74, 6) is 0. The number of halogens is 3. The van der Waals surface area contributed by atoms with E-state index >= 15 is 0 Å². The lowest BCUT2D eigenvalue weighted by Crippen LogP contribution is -2.19. The minimum atomic E-state index is -4.65. The maximum atomic E-state index is 12.2. The normalized spacial score (nSPS) is 12.2. The maximum Gasteiger partial charge on any atom is 0.433 e. The molecule has 2 rings (SSSR count). The van der Waals surface area contributed by atoms with E-state index in [1.165, 1.54) is 0 Å². The fourth-order valence-corrected chi connectivity index (χ4v) is 1.64. The van der Waals surface area contributed by atoms with Gasteiger partial charge < -0.3 is 5.73 Å². The minimum Gasteiger partial charge on any atom is -0.374 e. The highest BCUT2D eigenvalue weighted by Crippen LogP contribution is 2.27. The molecule has 15 heavy (non-hydrogen) atoms. The van der Waals surface area contributed by atoms with Crippen molar-refractivity contribution in [2.45, 2.75) is 6.18 Å². The fraction of sp³-hybridized carbons (Fsp3) is 0.167. The smallest absolute Gasteiger partial charge is 0.374 e. The third kappa shape index (κ3) is 1.65. The molecule has 2 heterocycles. The third-order valence-corrected chi connectivity index (χ3v) is 2.29. The van der Waals surface area contributed by atoms with Crippen molar-refractivity contribution in [3.05, 3.63) is 22.1 Å². The molecule has 2 aromatic heterocycles. The van der Waals surface area contributed by atoms with Crippen LogP contribution in [-0.4, -0.2) is 14.6 Å². The van der Waals surface area contributed by atoms with Gasteiger partial charge in [-0.1, -0.05) is 11.3 Å². The number of nitrogens with zero attached hydrogens (tertiary/aromatic N) is 3. The molecule has 0 bridgehead atoms. The van der Waals surface area contributed by atoms with Crippen LogP contribution >= 0.6 is 11.3 Å². The molecule has 0 radical (unpaired) electrons. The molecule has 0 aromatic carbocycles. The minimum absolute atomic E-state index is 0.0149. The van der Waals surface area contributed by atoms with E-state index in [9.17, 15) is 18.0 Å². The standard InChI is InChI=1S/C6H3F3N4OS/c7-6(8,9)2-1-3(14)13-5(11-2)15-4(10)12-13/h1H,(H2,10,12). The van der Waals surface area contributed by atoms with Gasteiger partial charge in [0.05, 0.1) is 0 Å². The number of nitrogens with two attached hydrogens (primary N) is 1. The second kappa shape index (κ2) is 2.92. The molecule has 9 heteroatoms. The molecular weight excluding hydrogens is 233 g/mol. The highest BCUT2D eigenvalue weighted by atomic mass is 32.1. The number of anilines is 1. The Morgan fingerprint density at radius 1 is 1.47 bits per heavy atom. The number of nitrogen functional groups attached to an aromatic ring is 1. The molecule has 0 atom stereocenters. The fourth-order valence-electron chi connectivity index (χ4n) is 0.971. The summed E-state index contributed by atoms with van der Waals surface area (Å²) in [4.78, 5) is 14.2. The quantitative estimate of drug-likeness (QED) is 0.732. The van der Waals surface area contributed by atoms with Crippen LogP contribution in [0.1, 0.15) is 5.69 Å². The summed E-state index contributed by atoms with van der Waals surface area (Å²) in [7, 11) is 0. The van der Waals surface area contributed by atoms with Gasteiger partial charge in [0.1, 0.15) is 0 Å². The van der Waals surface area contributed by atoms with Gasteiger partial charge in [0.2, 0.25) is 10.1 Å². The predicted octanol–water partition coefficient (Wildman–Crippen LogP) is 0.752. The van der Waals surface area contributed by atoms with Crippen molar-refractivity contribution >= 4 is 21.4 Å². The van der Waals surface area contributed by atoms with Crippen molar-refractivity contribution in [3.8, 4) is 0 Å². The summed E-state index contributed by atoms with van der Waals surface area (Å²) in [5.41, 5.74) is 3.10. The van der Waals surface area contributed by atoms with Gasteiger partial charge in [-0.2, -0.15) is 17.7 Å². The zero-order valence-corrected chi connectivity index (χ0v) is 7.76. The van der Waals surface area contributed by atoms with E-state index in [4.69, 9.17) is 5.73 Å². The van der Waals surface area contributed by atoms with Crippen LogP contribution in [0.5, 0.6) is 0 Å². The number of fused-ring (bicyclic) bond motifs is 1. The molecule has 0 unspecified atom stereocenters. The third-order valence-electron chi connectivity index (χ3n) is 1.55. The highest BCUT2D eigenvalue weighted by Gasteiger charge is 2.33. The van der Waals surface area contributed by atoms with Gasteiger partial charge in [-0.15, -0.1) is 5.10 Å². The highest BCUT2D eigenvalue weighted by molar-refractivity contribution is 7.20. The Morgan fingerprint density at radius 2 is 2.13 bits per heavy atom. The molecule has 0 amide bonds. The molecule has 2 N–H and O–H groups in total. The van der Waals surface area contributed by atoms with E-state index in [-0.39, 0.29) is 10.1 Å². The van der Waals surface area contributed by atoms with Crippen LogP contribution in [0.15, 0.2) is 10.9 Å². The lowest BCUT2D eigenvalue weighted by molar-refractivity contribution is -0.141. The van der Waals surface area contributed by atoms with Gasteiger partial charge >= 0.3 is 6.18 Å². The van der Waals surface area contributed by atoms with Crippen LogP contribution in [-0.2, 0) is 6.18 Å². The second-order valence-corrected chi connectivity index (χ2v) is 3.60. The van der Waals surface area contributed by atoms with E-state index < -0.39 is 17.4 Å². The first kappa shape index (κ1) is 9.90. The van der Waals surface area contributed by atoms with Crippen molar-refractivity contribution in [1.29, 1.82) is 0 Å². The monoisotopic (exact) mass is 236 g/mol. The average molecular weight is 236 g/mol. The summed E-state index contributed by atoms with van der Waals surface area (Å²) in [6, 6.07) is 0.381. The summed E-state index contributed by atoms with van der Waals surface area (Å²) >= 11 is 0.715. The molecule has 0 spiro atoms. The van der Waals surface area contributed by atoms with Gasteiger partial charge in [-0.3, -0.25) is 4.79 Å². The molecule has 5 nitrogen and oxygen atoms in total. The maximum absolute atomic E-state index is 12.2. The predicted molar refractivity (Wildman–Crippen MR) is 46.5 cm³/mol.